The minimum absolute atomic E-state index is 0.178. The van der Waals surface area contributed by atoms with E-state index in [-0.39, 0.29) is 5.82 Å². The zero-order valence-electron chi connectivity index (χ0n) is 15.3. The van der Waals surface area contributed by atoms with Crippen molar-refractivity contribution in [1.29, 1.82) is 0 Å². The molecule has 2 aromatic carbocycles. The van der Waals surface area contributed by atoms with Gasteiger partial charge in [-0.15, -0.1) is 0 Å². The molecule has 0 bridgehead atoms. The Kier molecular flexibility index (Phi) is 6.17. The Labute approximate surface area is 156 Å². The average molecular weight is 359 g/mol. The predicted molar refractivity (Wildman–Crippen MR) is 105 cm³/mol. The summed E-state index contributed by atoms with van der Waals surface area (Å²) in [6.07, 6.45) is 7.48. The summed E-state index contributed by atoms with van der Waals surface area (Å²) < 4.78 is 14.9. The van der Waals surface area contributed by atoms with Crippen LogP contribution < -0.4 is 0 Å². The first kappa shape index (κ1) is 18.5. The van der Waals surface area contributed by atoms with Gasteiger partial charge in [-0.2, -0.15) is 0 Å². The molecule has 1 aliphatic rings. The van der Waals surface area contributed by atoms with E-state index in [9.17, 15) is 4.39 Å². The molecule has 25 heavy (non-hydrogen) atoms. The summed E-state index contributed by atoms with van der Waals surface area (Å²) in [5, 5.41) is 0.335. The molecule has 3 rings (SSSR count). The van der Waals surface area contributed by atoms with Gasteiger partial charge < -0.3 is 0 Å². The van der Waals surface area contributed by atoms with Crippen LogP contribution in [0.15, 0.2) is 36.4 Å². The Morgan fingerprint density at radius 1 is 0.960 bits per heavy atom. The summed E-state index contributed by atoms with van der Waals surface area (Å²) >= 11 is 6.40. The molecule has 0 saturated heterocycles. The minimum atomic E-state index is -0.178. The fraction of sp³-hybridized carbons (Fsp3) is 0.478. The van der Waals surface area contributed by atoms with Crippen molar-refractivity contribution in [3.8, 4) is 0 Å². The van der Waals surface area contributed by atoms with Crippen molar-refractivity contribution in [1.82, 2.24) is 0 Å². The molecule has 0 aliphatic heterocycles. The highest BCUT2D eigenvalue weighted by Crippen LogP contribution is 2.37. The second-order valence-corrected chi connectivity index (χ2v) is 8.12. The van der Waals surface area contributed by atoms with Gasteiger partial charge in [0.15, 0.2) is 0 Å². The zero-order valence-corrected chi connectivity index (χ0v) is 16.1. The van der Waals surface area contributed by atoms with Crippen LogP contribution in [-0.4, -0.2) is 0 Å². The van der Waals surface area contributed by atoms with E-state index >= 15 is 0 Å². The second kappa shape index (κ2) is 8.36. The highest BCUT2D eigenvalue weighted by atomic mass is 35.5. The molecule has 1 fully saturated rings. The maximum atomic E-state index is 14.9. The standard InChI is InChI=1S/C23H28ClF/c1-16-4-3-5-19(12-8-16)21-15-14-20(22(24)23(21)25)13-11-18-9-6-17(2)7-10-18/h6-7,9-10,14-16,19H,3-5,8,11-13H2,1-2H3. The first-order valence-electron chi connectivity index (χ1n) is 9.57. The Morgan fingerprint density at radius 3 is 2.48 bits per heavy atom. The molecule has 2 unspecified atom stereocenters. The Bertz CT molecular complexity index is 705. The highest BCUT2D eigenvalue weighted by Gasteiger charge is 2.22. The lowest BCUT2D eigenvalue weighted by Crippen LogP contribution is -2.04. The topological polar surface area (TPSA) is 0 Å². The van der Waals surface area contributed by atoms with Crippen LogP contribution >= 0.6 is 11.6 Å². The predicted octanol–water partition coefficient (Wildman–Crippen LogP) is 7.26. The SMILES string of the molecule is Cc1ccc(CCc2ccc(C3CCCC(C)CC3)c(F)c2Cl)cc1. The van der Waals surface area contributed by atoms with Crippen molar-refractivity contribution in [2.75, 3.05) is 0 Å². The summed E-state index contributed by atoms with van der Waals surface area (Å²) in [6, 6.07) is 12.6. The third-order valence-corrected chi connectivity index (χ3v) is 6.10. The molecule has 0 N–H and O–H groups in total. The first-order chi connectivity index (χ1) is 12.0. The van der Waals surface area contributed by atoms with Crippen molar-refractivity contribution < 1.29 is 4.39 Å². The molecule has 0 radical (unpaired) electrons. The van der Waals surface area contributed by atoms with Crippen molar-refractivity contribution in [2.45, 2.75) is 64.7 Å². The summed E-state index contributed by atoms with van der Waals surface area (Å²) in [4.78, 5) is 0. The smallest absolute Gasteiger partial charge is 0.145 e. The number of aryl methyl sites for hydroxylation is 3. The molecule has 0 amide bonds. The Morgan fingerprint density at radius 2 is 1.72 bits per heavy atom. The van der Waals surface area contributed by atoms with Crippen molar-refractivity contribution in [3.05, 3.63) is 69.5 Å². The number of halogens is 2. The van der Waals surface area contributed by atoms with E-state index in [1.807, 2.05) is 12.1 Å². The molecule has 0 spiro atoms. The van der Waals surface area contributed by atoms with Gasteiger partial charge in [0.25, 0.3) is 0 Å². The lowest BCUT2D eigenvalue weighted by Gasteiger charge is -2.18. The third kappa shape index (κ3) is 4.64. The van der Waals surface area contributed by atoms with Crippen LogP contribution in [0.5, 0.6) is 0 Å². The maximum Gasteiger partial charge on any atom is 0.145 e. The van der Waals surface area contributed by atoms with Crippen molar-refractivity contribution in [3.63, 3.8) is 0 Å². The molecule has 0 aromatic heterocycles. The molecular formula is C23H28ClF. The van der Waals surface area contributed by atoms with Gasteiger partial charge in [0, 0.05) is 0 Å². The Hall–Kier alpha value is -1.34. The normalized spacial score (nSPS) is 21.1. The molecule has 2 atom stereocenters. The molecule has 1 aliphatic carbocycles. The summed E-state index contributed by atoms with van der Waals surface area (Å²) in [5.74, 6) is 0.911. The van der Waals surface area contributed by atoms with E-state index < -0.39 is 0 Å². The van der Waals surface area contributed by atoms with Gasteiger partial charge in [0.1, 0.15) is 5.82 Å². The van der Waals surface area contributed by atoms with Crippen LogP contribution in [0.2, 0.25) is 5.02 Å². The molecular weight excluding hydrogens is 331 g/mol. The van der Waals surface area contributed by atoms with Crippen LogP contribution in [0.1, 0.15) is 67.2 Å². The molecule has 134 valence electrons. The van der Waals surface area contributed by atoms with Crippen molar-refractivity contribution >= 4 is 11.6 Å². The lowest BCUT2D eigenvalue weighted by atomic mass is 9.89. The van der Waals surface area contributed by atoms with Gasteiger partial charge in [-0.1, -0.05) is 79.7 Å². The highest BCUT2D eigenvalue weighted by molar-refractivity contribution is 6.31. The summed E-state index contributed by atoms with van der Waals surface area (Å²) in [5.41, 5.74) is 4.28. The van der Waals surface area contributed by atoms with E-state index in [0.29, 0.717) is 10.9 Å². The fourth-order valence-corrected chi connectivity index (χ4v) is 4.21. The first-order valence-corrected chi connectivity index (χ1v) is 9.94. The second-order valence-electron chi connectivity index (χ2n) is 7.74. The van der Waals surface area contributed by atoms with E-state index in [1.54, 1.807) is 0 Å². The van der Waals surface area contributed by atoms with Crippen LogP contribution in [0.4, 0.5) is 4.39 Å². The van der Waals surface area contributed by atoms with E-state index in [0.717, 1.165) is 42.7 Å². The zero-order chi connectivity index (χ0) is 17.8. The number of benzene rings is 2. The minimum Gasteiger partial charge on any atom is -0.205 e. The monoisotopic (exact) mass is 358 g/mol. The third-order valence-electron chi connectivity index (χ3n) is 5.69. The largest absolute Gasteiger partial charge is 0.205 e. The van der Waals surface area contributed by atoms with Crippen LogP contribution in [0.3, 0.4) is 0 Å². The van der Waals surface area contributed by atoms with Gasteiger partial charge in [0.2, 0.25) is 0 Å². The molecule has 1 saturated carbocycles. The Balaban J connectivity index is 1.72. The average Bonchev–Trinajstić information content (AvgIpc) is 2.82. The van der Waals surface area contributed by atoms with Crippen LogP contribution in [0, 0.1) is 18.7 Å². The van der Waals surface area contributed by atoms with E-state index in [2.05, 4.69) is 38.1 Å². The van der Waals surface area contributed by atoms with Crippen LogP contribution in [-0.2, 0) is 12.8 Å². The summed E-state index contributed by atoms with van der Waals surface area (Å²) in [7, 11) is 0. The van der Waals surface area contributed by atoms with Gasteiger partial charge >= 0.3 is 0 Å². The van der Waals surface area contributed by atoms with Crippen molar-refractivity contribution in [2.24, 2.45) is 5.92 Å². The number of rotatable bonds is 4. The fourth-order valence-electron chi connectivity index (χ4n) is 3.94. The van der Waals surface area contributed by atoms with Gasteiger partial charge in [-0.3, -0.25) is 0 Å². The molecule has 2 aromatic rings. The van der Waals surface area contributed by atoms with E-state index in [4.69, 9.17) is 11.6 Å². The van der Waals surface area contributed by atoms with Gasteiger partial charge in [0.05, 0.1) is 5.02 Å². The van der Waals surface area contributed by atoms with Crippen LogP contribution in [0.25, 0.3) is 0 Å². The molecule has 0 heterocycles. The van der Waals surface area contributed by atoms with Gasteiger partial charge in [-0.05, 0) is 61.1 Å². The maximum absolute atomic E-state index is 14.9. The lowest BCUT2D eigenvalue weighted by molar-refractivity contribution is 0.494. The molecule has 2 heteroatoms. The molecule has 0 nitrogen and oxygen atoms in total. The van der Waals surface area contributed by atoms with E-state index in [1.165, 1.54) is 30.4 Å². The summed E-state index contributed by atoms with van der Waals surface area (Å²) in [6.45, 7) is 4.39. The van der Waals surface area contributed by atoms with Gasteiger partial charge in [-0.25, -0.2) is 4.39 Å². The quantitative estimate of drug-likeness (QED) is 0.504. The number of hydrogen-bond acceptors (Lipinski definition) is 0. The number of hydrogen-bond donors (Lipinski definition) is 0.